The van der Waals surface area contributed by atoms with Crippen LogP contribution >= 0.6 is 11.3 Å². The Morgan fingerprint density at radius 3 is 3.11 bits per heavy atom. The third-order valence-electron chi connectivity index (χ3n) is 3.13. The standard InChI is InChI=1S/C15H17N3S/c1-11-10-19-15(18-11)5-6-16-9-12-2-3-14-13(8-12)4-7-17-14/h2-4,7-8,10,16-17H,5-6,9H2,1H3. The van der Waals surface area contributed by atoms with Gasteiger partial charge in [0, 0.05) is 42.3 Å². The van der Waals surface area contributed by atoms with Crippen LogP contribution in [0, 0.1) is 6.92 Å². The molecule has 0 fully saturated rings. The van der Waals surface area contributed by atoms with E-state index < -0.39 is 0 Å². The predicted octanol–water partition coefficient (Wildman–Crippen LogP) is 3.27. The van der Waals surface area contributed by atoms with Crippen LogP contribution in [0.15, 0.2) is 35.8 Å². The summed E-state index contributed by atoms with van der Waals surface area (Å²) in [7, 11) is 0. The molecular weight excluding hydrogens is 254 g/mol. The van der Waals surface area contributed by atoms with Gasteiger partial charge in [0.15, 0.2) is 0 Å². The quantitative estimate of drug-likeness (QED) is 0.699. The fourth-order valence-corrected chi connectivity index (χ4v) is 2.93. The lowest BCUT2D eigenvalue weighted by atomic mass is 10.1. The van der Waals surface area contributed by atoms with Gasteiger partial charge >= 0.3 is 0 Å². The Kier molecular flexibility index (Phi) is 3.62. The number of nitrogens with one attached hydrogen (secondary N) is 2. The predicted molar refractivity (Wildman–Crippen MR) is 80.6 cm³/mol. The zero-order valence-corrected chi connectivity index (χ0v) is 11.8. The fourth-order valence-electron chi connectivity index (χ4n) is 2.16. The van der Waals surface area contributed by atoms with Crippen molar-refractivity contribution in [2.75, 3.05) is 6.54 Å². The van der Waals surface area contributed by atoms with Crippen LogP contribution in [0.3, 0.4) is 0 Å². The third kappa shape index (κ3) is 3.03. The number of rotatable bonds is 5. The topological polar surface area (TPSA) is 40.7 Å². The van der Waals surface area contributed by atoms with Crippen LogP contribution in [-0.4, -0.2) is 16.5 Å². The van der Waals surface area contributed by atoms with E-state index in [-0.39, 0.29) is 0 Å². The Balaban J connectivity index is 1.51. The highest BCUT2D eigenvalue weighted by molar-refractivity contribution is 7.09. The lowest BCUT2D eigenvalue weighted by Gasteiger charge is -2.04. The second kappa shape index (κ2) is 5.55. The molecular formula is C15H17N3S. The van der Waals surface area contributed by atoms with Crippen molar-refractivity contribution in [2.24, 2.45) is 0 Å². The normalized spacial score (nSPS) is 11.2. The lowest BCUT2D eigenvalue weighted by Crippen LogP contribution is -2.16. The summed E-state index contributed by atoms with van der Waals surface area (Å²) in [5, 5.41) is 8.07. The zero-order valence-electron chi connectivity index (χ0n) is 10.9. The first-order valence-corrected chi connectivity index (χ1v) is 7.37. The Morgan fingerprint density at radius 1 is 1.32 bits per heavy atom. The number of aromatic amines is 1. The van der Waals surface area contributed by atoms with Crippen molar-refractivity contribution in [2.45, 2.75) is 19.9 Å². The van der Waals surface area contributed by atoms with Gasteiger partial charge in [-0.1, -0.05) is 6.07 Å². The van der Waals surface area contributed by atoms with Gasteiger partial charge in [-0.3, -0.25) is 0 Å². The van der Waals surface area contributed by atoms with Gasteiger partial charge in [-0.05, 0) is 36.1 Å². The highest BCUT2D eigenvalue weighted by Gasteiger charge is 1.99. The second-order valence-electron chi connectivity index (χ2n) is 4.71. The number of H-pyrrole nitrogens is 1. The van der Waals surface area contributed by atoms with E-state index in [2.05, 4.69) is 44.9 Å². The maximum atomic E-state index is 4.46. The summed E-state index contributed by atoms with van der Waals surface area (Å²) in [6.45, 7) is 3.92. The number of fused-ring (bicyclic) bond motifs is 1. The molecule has 0 saturated heterocycles. The fraction of sp³-hybridized carbons (Fsp3) is 0.267. The number of aryl methyl sites for hydroxylation is 1. The Morgan fingerprint density at radius 2 is 2.26 bits per heavy atom. The van der Waals surface area contributed by atoms with Crippen LogP contribution in [0.4, 0.5) is 0 Å². The smallest absolute Gasteiger partial charge is 0.0940 e. The van der Waals surface area contributed by atoms with Crippen LogP contribution in [0.25, 0.3) is 10.9 Å². The molecule has 0 saturated carbocycles. The maximum Gasteiger partial charge on any atom is 0.0940 e. The number of hydrogen-bond acceptors (Lipinski definition) is 3. The van der Waals surface area contributed by atoms with Crippen molar-refractivity contribution in [3.63, 3.8) is 0 Å². The van der Waals surface area contributed by atoms with E-state index in [1.165, 1.54) is 21.5 Å². The number of benzene rings is 1. The van der Waals surface area contributed by atoms with Gasteiger partial charge < -0.3 is 10.3 Å². The molecule has 0 aliphatic heterocycles. The Hall–Kier alpha value is -1.65. The Bertz CT molecular complexity index is 669. The van der Waals surface area contributed by atoms with Crippen LogP contribution in [0.5, 0.6) is 0 Å². The monoisotopic (exact) mass is 271 g/mol. The first kappa shape index (κ1) is 12.4. The Labute approximate surface area is 116 Å². The minimum Gasteiger partial charge on any atom is -0.361 e. The molecule has 2 N–H and O–H groups in total. The molecule has 2 aromatic heterocycles. The van der Waals surface area contributed by atoms with Gasteiger partial charge in [0.05, 0.1) is 5.01 Å². The number of nitrogens with zero attached hydrogens (tertiary/aromatic N) is 1. The van der Waals surface area contributed by atoms with E-state index >= 15 is 0 Å². The van der Waals surface area contributed by atoms with E-state index in [1.54, 1.807) is 11.3 Å². The molecule has 98 valence electrons. The number of aromatic nitrogens is 2. The molecule has 3 rings (SSSR count). The molecule has 0 radical (unpaired) electrons. The van der Waals surface area contributed by atoms with Gasteiger partial charge in [0.25, 0.3) is 0 Å². The van der Waals surface area contributed by atoms with Crippen LogP contribution in [-0.2, 0) is 13.0 Å². The van der Waals surface area contributed by atoms with E-state index in [1.807, 2.05) is 13.1 Å². The van der Waals surface area contributed by atoms with E-state index in [4.69, 9.17) is 0 Å². The second-order valence-corrected chi connectivity index (χ2v) is 5.65. The van der Waals surface area contributed by atoms with Crippen molar-refractivity contribution >= 4 is 22.2 Å². The van der Waals surface area contributed by atoms with Crippen molar-refractivity contribution in [3.8, 4) is 0 Å². The number of thiazole rings is 1. The van der Waals surface area contributed by atoms with Crippen molar-refractivity contribution in [1.82, 2.24) is 15.3 Å². The van der Waals surface area contributed by atoms with Crippen LogP contribution < -0.4 is 5.32 Å². The van der Waals surface area contributed by atoms with Gasteiger partial charge in [0.2, 0.25) is 0 Å². The minimum absolute atomic E-state index is 0.908. The van der Waals surface area contributed by atoms with E-state index in [0.29, 0.717) is 0 Å². The summed E-state index contributed by atoms with van der Waals surface area (Å²) < 4.78 is 0. The molecule has 0 amide bonds. The largest absolute Gasteiger partial charge is 0.361 e. The van der Waals surface area contributed by atoms with Gasteiger partial charge in [0.1, 0.15) is 0 Å². The lowest BCUT2D eigenvalue weighted by molar-refractivity contribution is 0.685. The average molecular weight is 271 g/mol. The molecule has 1 aromatic carbocycles. The summed E-state index contributed by atoms with van der Waals surface area (Å²) in [6.07, 6.45) is 2.98. The molecule has 0 unspecified atom stereocenters. The minimum atomic E-state index is 0.908. The van der Waals surface area contributed by atoms with Gasteiger partial charge in [-0.25, -0.2) is 4.98 Å². The molecule has 4 heteroatoms. The average Bonchev–Trinajstić information content (AvgIpc) is 3.03. The summed E-state index contributed by atoms with van der Waals surface area (Å²) in [6, 6.07) is 8.64. The highest BCUT2D eigenvalue weighted by atomic mass is 32.1. The van der Waals surface area contributed by atoms with Crippen molar-refractivity contribution < 1.29 is 0 Å². The molecule has 19 heavy (non-hydrogen) atoms. The van der Waals surface area contributed by atoms with Crippen LogP contribution in [0.2, 0.25) is 0 Å². The van der Waals surface area contributed by atoms with Gasteiger partial charge in [-0.2, -0.15) is 0 Å². The van der Waals surface area contributed by atoms with Crippen LogP contribution in [0.1, 0.15) is 16.3 Å². The molecule has 0 bridgehead atoms. The van der Waals surface area contributed by atoms with Crippen molar-refractivity contribution in [3.05, 3.63) is 52.1 Å². The zero-order chi connectivity index (χ0) is 13.1. The van der Waals surface area contributed by atoms with Gasteiger partial charge in [-0.15, -0.1) is 11.3 Å². The molecule has 3 nitrogen and oxygen atoms in total. The van der Waals surface area contributed by atoms with E-state index in [9.17, 15) is 0 Å². The number of hydrogen-bond donors (Lipinski definition) is 2. The molecule has 0 spiro atoms. The van der Waals surface area contributed by atoms with Crippen molar-refractivity contribution in [1.29, 1.82) is 0 Å². The summed E-state index contributed by atoms with van der Waals surface area (Å²) in [5.74, 6) is 0. The highest BCUT2D eigenvalue weighted by Crippen LogP contribution is 2.14. The molecule has 0 atom stereocenters. The molecule has 0 aliphatic rings. The van der Waals surface area contributed by atoms with E-state index in [0.717, 1.165) is 25.2 Å². The summed E-state index contributed by atoms with van der Waals surface area (Å²) >= 11 is 1.74. The SMILES string of the molecule is Cc1csc(CCNCc2ccc3[nH]ccc3c2)n1. The maximum absolute atomic E-state index is 4.46. The summed E-state index contributed by atoms with van der Waals surface area (Å²) in [4.78, 5) is 7.67. The molecule has 3 aromatic rings. The third-order valence-corrected chi connectivity index (χ3v) is 4.16. The molecule has 2 heterocycles. The first-order valence-electron chi connectivity index (χ1n) is 6.49. The first-order chi connectivity index (χ1) is 9.31. The molecule has 0 aliphatic carbocycles. The summed E-state index contributed by atoms with van der Waals surface area (Å²) in [5.41, 5.74) is 3.64.